The van der Waals surface area contributed by atoms with Crippen molar-refractivity contribution < 1.29 is 28.6 Å². The molecule has 0 spiro atoms. The summed E-state index contributed by atoms with van der Waals surface area (Å²) in [4.78, 5) is 43.7. The predicted molar refractivity (Wildman–Crippen MR) is 121 cm³/mol. The number of nitrogens with zero attached hydrogens (tertiary/aromatic N) is 2. The average Bonchev–Trinajstić information content (AvgIpc) is 2.99. The number of aliphatic imine (C=N–C) groups is 1. The molecule has 2 heterocycles. The zero-order valence-electron chi connectivity index (χ0n) is 19.1. The third kappa shape index (κ3) is 4.82. The van der Waals surface area contributed by atoms with Crippen LogP contribution in [0.3, 0.4) is 0 Å². The Hall–Kier alpha value is -2.81. The molecular weight excluding hydrogens is 432 g/mol. The van der Waals surface area contributed by atoms with Crippen molar-refractivity contribution in [2.75, 3.05) is 13.2 Å². The number of carbonyl (C=O) groups is 3. The summed E-state index contributed by atoms with van der Waals surface area (Å²) in [5, 5.41) is 0.231. The van der Waals surface area contributed by atoms with E-state index in [2.05, 4.69) is 4.99 Å². The first-order valence-electron chi connectivity index (χ1n) is 10.6. The van der Waals surface area contributed by atoms with Gasteiger partial charge in [0.1, 0.15) is 0 Å². The molecule has 8 nitrogen and oxygen atoms in total. The Bertz CT molecular complexity index is 1000. The number of allylic oxidation sites excluding steroid dienone is 1. The van der Waals surface area contributed by atoms with Gasteiger partial charge in [-0.1, -0.05) is 31.7 Å². The van der Waals surface area contributed by atoms with Crippen LogP contribution in [-0.4, -0.2) is 46.4 Å². The summed E-state index contributed by atoms with van der Waals surface area (Å²) in [5.41, 5.74) is 1.45. The molecule has 0 aromatic heterocycles. The highest BCUT2D eigenvalue weighted by Gasteiger charge is 2.46. The lowest BCUT2D eigenvalue weighted by atomic mass is 9.94. The molecule has 2 aliphatic rings. The highest BCUT2D eigenvalue weighted by Crippen LogP contribution is 2.45. The first-order chi connectivity index (χ1) is 15.1. The van der Waals surface area contributed by atoms with E-state index in [0.717, 1.165) is 0 Å². The maximum Gasteiger partial charge on any atom is 0.338 e. The van der Waals surface area contributed by atoms with Crippen molar-refractivity contribution in [1.82, 2.24) is 4.90 Å². The minimum Gasteiger partial charge on any atom is -0.490 e. The summed E-state index contributed by atoms with van der Waals surface area (Å²) in [7, 11) is 0. The monoisotopic (exact) mass is 460 g/mol. The van der Waals surface area contributed by atoms with Gasteiger partial charge in [-0.25, -0.2) is 9.79 Å². The lowest BCUT2D eigenvalue weighted by Gasteiger charge is -2.33. The van der Waals surface area contributed by atoms with Crippen molar-refractivity contribution in [3.8, 4) is 11.5 Å². The number of amides is 1. The van der Waals surface area contributed by atoms with Gasteiger partial charge in [0.25, 0.3) is 0 Å². The van der Waals surface area contributed by atoms with E-state index in [9.17, 15) is 14.4 Å². The van der Waals surface area contributed by atoms with Gasteiger partial charge in [-0.05, 0) is 44.4 Å². The van der Waals surface area contributed by atoms with Crippen molar-refractivity contribution in [3.05, 3.63) is 35.0 Å². The molecular formula is C23H28N2O6S. The van der Waals surface area contributed by atoms with Crippen molar-refractivity contribution in [1.29, 1.82) is 0 Å². The second-order valence-electron chi connectivity index (χ2n) is 7.99. The number of amidine groups is 1. The number of ether oxygens (including phenoxy) is 3. The van der Waals surface area contributed by atoms with Crippen LogP contribution >= 0.6 is 11.8 Å². The summed E-state index contributed by atoms with van der Waals surface area (Å²) < 4.78 is 16.4. The average molecular weight is 461 g/mol. The highest BCUT2D eigenvalue weighted by atomic mass is 32.2. The van der Waals surface area contributed by atoms with Crippen LogP contribution in [0.15, 0.2) is 34.5 Å². The molecule has 1 aromatic rings. The van der Waals surface area contributed by atoms with Crippen LogP contribution in [0.4, 0.5) is 0 Å². The van der Waals surface area contributed by atoms with Crippen LogP contribution in [0, 0.1) is 5.92 Å². The van der Waals surface area contributed by atoms with E-state index < -0.39 is 18.0 Å². The van der Waals surface area contributed by atoms with Crippen LogP contribution in [-0.2, 0) is 19.1 Å². The predicted octanol–water partition coefficient (Wildman–Crippen LogP) is 3.86. The van der Waals surface area contributed by atoms with Gasteiger partial charge in [-0.15, -0.1) is 0 Å². The molecule has 9 heteroatoms. The fraction of sp³-hybridized carbons (Fsp3) is 0.478. The molecule has 1 amide bonds. The van der Waals surface area contributed by atoms with E-state index in [1.54, 1.807) is 30.0 Å². The molecule has 2 aliphatic heterocycles. The molecule has 0 radical (unpaired) electrons. The minimum atomic E-state index is -0.724. The Morgan fingerprint density at radius 3 is 2.59 bits per heavy atom. The number of fused-ring (bicyclic) bond motifs is 1. The fourth-order valence-corrected chi connectivity index (χ4v) is 4.53. The third-order valence-electron chi connectivity index (χ3n) is 4.86. The van der Waals surface area contributed by atoms with Gasteiger partial charge in [0.15, 0.2) is 16.7 Å². The number of carbonyl (C=O) groups excluding carboxylic acids is 3. The maximum absolute atomic E-state index is 13.1. The lowest BCUT2D eigenvalue weighted by molar-refractivity contribution is -0.141. The van der Waals surface area contributed by atoms with Gasteiger partial charge in [0, 0.05) is 6.92 Å². The number of thioether (sulfide) groups is 1. The standard InChI is InChI=1S/C23H28N2O6S/c1-7-29-18-10-16(8-9-17(18)31-15(6)26)20-19(22(28)30-11-12(2)3)13(4)24-23-25(20)21(27)14(5)32-23/h8-10,12,14,20H,7,11H2,1-6H3. The van der Waals surface area contributed by atoms with Crippen LogP contribution in [0.1, 0.15) is 53.1 Å². The first-order valence-corrected chi connectivity index (χ1v) is 11.4. The zero-order valence-corrected chi connectivity index (χ0v) is 19.9. The Kier molecular flexibility index (Phi) is 7.28. The topological polar surface area (TPSA) is 94.5 Å². The maximum atomic E-state index is 13.1. The number of esters is 2. The van der Waals surface area contributed by atoms with Gasteiger partial charge in [0.2, 0.25) is 5.91 Å². The first kappa shape index (κ1) is 23.8. The summed E-state index contributed by atoms with van der Waals surface area (Å²) in [6.45, 7) is 11.2. The van der Waals surface area contributed by atoms with Crippen LogP contribution in [0.2, 0.25) is 0 Å². The molecule has 1 aromatic carbocycles. The van der Waals surface area contributed by atoms with Gasteiger partial charge in [-0.2, -0.15) is 0 Å². The largest absolute Gasteiger partial charge is 0.490 e. The molecule has 3 rings (SSSR count). The molecule has 0 bridgehead atoms. The number of hydrogen-bond acceptors (Lipinski definition) is 8. The SMILES string of the molecule is CCOc1cc(C2C(C(=O)OCC(C)C)=C(C)N=C3SC(C)C(=O)N32)ccc1OC(C)=O. The van der Waals surface area contributed by atoms with E-state index in [0.29, 0.717) is 34.4 Å². The third-order valence-corrected chi connectivity index (χ3v) is 5.92. The Morgan fingerprint density at radius 1 is 1.25 bits per heavy atom. The van der Waals surface area contributed by atoms with E-state index in [-0.39, 0.29) is 29.4 Å². The molecule has 2 atom stereocenters. The molecule has 1 fully saturated rings. The van der Waals surface area contributed by atoms with E-state index in [1.807, 2.05) is 27.7 Å². The van der Waals surface area contributed by atoms with Crippen molar-refractivity contribution in [2.45, 2.75) is 52.8 Å². The molecule has 0 saturated carbocycles. The van der Waals surface area contributed by atoms with Gasteiger partial charge in [0.05, 0.1) is 35.8 Å². The lowest BCUT2D eigenvalue weighted by Crippen LogP contribution is -2.40. The summed E-state index contributed by atoms with van der Waals surface area (Å²) in [5.74, 6) is -0.333. The van der Waals surface area contributed by atoms with E-state index in [1.165, 1.54) is 18.7 Å². The molecule has 172 valence electrons. The summed E-state index contributed by atoms with van der Waals surface area (Å²) in [6, 6.07) is 4.30. The Balaban J connectivity index is 2.11. The van der Waals surface area contributed by atoms with Gasteiger partial charge < -0.3 is 14.2 Å². The Morgan fingerprint density at radius 2 is 1.97 bits per heavy atom. The van der Waals surface area contributed by atoms with Crippen molar-refractivity contribution in [3.63, 3.8) is 0 Å². The van der Waals surface area contributed by atoms with Crippen molar-refractivity contribution in [2.24, 2.45) is 10.9 Å². The quantitative estimate of drug-likeness (QED) is 0.450. The normalized spacial score (nSPS) is 20.3. The Labute approximate surface area is 192 Å². The smallest absolute Gasteiger partial charge is 0.338 e. The molecule has 1 saturated heterocycles. The van der Waals surface area contributed by atoms with Gasteiger partial charge >= 0.3 is 11.9 Å². The number of benzene rings is 1. The van der Waals surface area contributed by atoms with Gasteiger partial charge in [-0.3, -0.25) is 14.5 Å². The fourth-order valence-electron chi connectivity index (χ4n) is 3.50. The molecule has 32 heavy (non-hydrogen) atoms. The summed E-state index contributed by atoms with van der Waals surface area (Å²) >= 11 is 1.36. The molecule has 0 aliphatic carbocycles. The molecule has 2 unspecified atom stereocenters. The van der Waals surface area contributed by atoms with E-state index >= 15 is 0 Å². The highest BCUT2D eigenvalue weighted by molar-refractivity contribution is 8.15. The second kappa shape index (κ2) is 9.77. The number of hydrogen-bond donors (Lipinski definition) is 0. The van der Waals surface area contributed by atoms with Crippen molar-refractivity contribution >= 4 is 34.8 Å². The van der Waals surface area contributed by atoms with Crippen LogP contribution in [0.25, 0.3) is 0 Å². The van der Waals surface area contributed by atoms with Crippen LogP contribution < -0.4 is 9.47 Å². The summed E-state index contributed by atoms with van der Waals surface area (Å²) in [6.07, 6.45) is 0. The molecule has 0 N–H and O–H groups in total. The van der Waals surface area contributed by atoms with E-state index in [4.69, 9.17) is 14.2 Å². The zero-order chi connectivity index (χ0) is 23.6. The minimum absolute atomic E-state index is 0.137. The second-order valence-corrected chi connectivity index (χ2v) is 9.30. The van der Waals surface area contributed by atoms with Crippen LogP contribution in [0.5, 0.6) is 11.5 Å². The number of rotatable bonds is 7.